The molecule has 2 aromatic carbocycles. The summed E-state index contributed by atoms with van der Waals surface area (Å²) in [6.45, 7) is 8.42. The van der Waals surface area contributed by atoms with Crippen molar-refractivity contribution in [1.82, 2.24) is 15.0 Å². The van der Waals surface area contributed by atoms with Gasteiger partial charge in [-0.3, -0.25) is 0 Å². The maximum absolute atomic E-state index is 5.01. The van der Waals surface area contributed by atoms with Gasteiger partial charge in [-0.25, -0.2) is 15.0 Å². The Labute approximate surface area is 200 Å². The third-order valence-electron chi connectivity index (χ3n) is 5.29. The van der Waals surface area contributed by atoms with Gasteiger partial charge in [0, 0.05) is 21.7 Å². The van der Waals surface area contributed by atoms with Gasteiger partial charge in [-0.2, -0.15) is 0 Å². The molecule has 0 amide bonds. The number of thioether (sulfide) groups is 1. The van der Waals surface area contributed by atoms with Gasteiger partial charge in [-0.05, 0) is 57.0 Å². The van der Waals surface area contributed by atoms with E-state index < -0.39 is 0 Å². The van der Waals surface area contributed by atoms with Crippen LogP contribution < -0.4 is 0 Å². The molecule has 0 atom stereocenters. The number of fused-ring (bicyclic) bond motifs is 3. The molecule has 0 bridgehead atoms. The molecule has 0 fully saturated rings. The summed E-state index contributed by atoms with van der Waals surface area (Å²) in [6, 6.07) is 19.4. The monoisotopic (exact) mass is 473 g/mol. The van der Waals surface area contributed by atoms with Crippen molar-refractivity contribution < 1.29 is 0 Å². The standard InChI is InChI=1S/C26H23N3S3/c1-15-5-9-19(10-6-15)14-30-26-28-22-21-17(3)13-18(4)27-24(21)32-23(22)25(29-26)31-20-11-7-16(2)8-12-20/h5-13H,14H2,1-4H3. The number of nitrogens with zero attached hydrogens (tertiary/aromatic N) is 3. The number of rotatable bonds is 5. The van der Waals surface area contributed by atoms with E-state index in [1.807, 2.05) is 6.92 Å². The zero-order chi connectivity index (χ0) is 22.2. The highest BCUT2D eigenvalue weighted by molar-refractivity contribution is 8.00. The lowest BCUT2D eigenvalue weighted by Gasteiger charge is -2.07. The minimum Gasteiger partial charge on any atom is -0.242 e. The Bertz CT molecular complexity index is 1420. The van der Waals surface area contributed by atoms with E-state index >= 15 is 0 Å². The van der Waals surface area contributed by atoms with Gasteiger partial charge >= 0.3 is 0 Å². The molecule has 0 saturated carbocycles. The molecule has 5 aromatic rings. The molecular weight excluding hydrogens is 451 g/mol. The third kappa shape index (κ3) is 4.40. The predicted molar refractivity (Wildman–Crippen MR) is 138 cm³/mol. The average molecular weight is 474 g/mol. The van der Waals surface area contributed by atoms with Gasteiger partial charge in [-0.15, -0.1) is 11.3 Å². The van der Waals surface area contributed by atoms with Crippen LogP contribution in [0.2, 0.25) is 0 Å². The molecule has 0 spiro atoms. The molecule has 0 unspecified atom stereocenters. The molecule has 0 aliphatic carbocycles. The first-order chi connectivity index (χ1) is 15.5. The molecule has 160 valence electrons. The Balaban J connectivity index is 1.60. The number of benzene rings is 2. The van der Waals surface area contributed by atoms with E-state index in [4.69, 9.17) is 15.0 Å². The highest BCUT2D eigenvalue weighted by Gasteiger charge is 2.18. The number of hydrogen-bond acceptors (Lipinski definition) is 6. The summed E-state index contributed by atoms with van der Waals surface area (Å²) in [5, 5.41) is 2.97. The van der Waals surface area contributed by atoms with Crippen molar-refractivity contribution in [2.75, 3.05) is 0 Å². The zero-order valence-electron chi connectivity index (χ0n) is 18.5. The Hall–Kier alpha value is -2.41. The predicted octanol–water partition coefficient (Wildman–Crippen LogP) is 7.92. The van der Waals surface area contributed by atoms with Crippen LogP contribution >= 0.6 is 34.9 Å². The van der Waals surface area contributed by atoms with Crippen LogP contribution in [-0.2, 0) is 5.75 Å². The largest absolute Gasteiger partial charge is 0.242 e. The Kier molecular flexibility index (Phi) is 5.93. The second kappa shape index (κ2) is 8.85. The van der Waals surface area contributed by atoms with Gasteiger partial charge in [0.15, 0.2) is 5.16 Å². The normalized spacial score (nSPS) is 11.5. The van der Waals surface area contributed by atoms with Crippen LogP contribution in [-0.4, -0.2) is 15.0 Å². The van der Waals surface area contributed by atoms with Crippen molar-refractivity contribution in [3.63, 3.8) is 0 Å². The van der Waals surface area contributed by atoms with Gasteiger partial charge in [0.1, 0.15) is 9.86 Å². The fourth-order valence-electron chi connectivity index (χ4n) is 3.62. The molecule has 32 heavy (non-hydrogen) atoms. The van der Waals surface area contributed by atoms with E-state index in [-0.39, 0.29) is 0 Å². The lowest BCUT2D eigenvalue weighted by atomic mass is 10.1. The molecule has 0 N–H and O–H groups in total. The lowest BCUT2D eigenvalue weighted by Crippen LogP contribution is -1.92. The van der Waals surface area contributed by atoms with Gasteiger partial charge in [0.25, 0.3) is 0 Å². The maximum Gasteiger partial charge on any atom is 0.189 e. The first-order valence-electron chi connectivity index (χ1n) is 10.5. The molecule has 3 heterocycles. The first-order valence-corrected chi connectivity index (χ1v) is 13.1. The summed E-state index contributed by atoms with van der Waals surface area (Å²) in [5.41, 5.74) is 7.09. The van der Waals surface area contributed by atoms with E-state index in [9.17, 15) is 0 Å². The molecule has 3 aromatic heterocycles. The highest BCUT2D eigenvalue weighted by atomic mass is 32.2. The van der Waals surface area contributed by atoms with Crippen molar-refractivity contribution in [3.8, 4) is 0 Å². The maximum atomic E-state index is 5.01. The summed E-state index contributed by atoms with van der Waals surface area (Å²) in [7, 11) is 0. The molecule has 5 rings (SSSR count). The van der Waals surface area contributed by atoms with Crippen LogP contribution in [0.15, 0.2) is 69.7 Å². The molecule has 0 aliphatic heterocycles. The molecule has 0 saturated heterocycles. The summed E-state index contributed by atoms with van der Waals surface area (Å²) in [6.07, 6.45) is 0. The molecule has 0 aliphatic rings. The van der Waals surface area contributed by atoms with Crippen LogP contribution in [0.5, 0.6) is 0 Å². The van der Waals surface area contributed by atoms with E-state index in [1.165, 1.54) is 27.1 Å². The molecular formula is C26H23N3S3. The van der Waals surface area contributed by atoms with Gasteiger partial charge in [-0.1, -0.05) is 71.0 Å². The van der Waals surface area contributed by atoms with Crippen molar-refractivity contribution in [1.29, 1.82) is 0 Å². The number of pyridine rings is 1. The topological polar surface area (TPSA) is 38.7 Å². The van der Waals surface area contributed by atoms with E-state index in [1.54, 1.807) is 34.9 Å². The zero-order valence-corrected chi connectivity index (χ0v) is 20.9. The van der Waals surface area contributed by atoms with Crippen molar-refractivity contribution in [2.24, 2.45) is 0 Å². The molecule has 6 heteroatoms. The molecule has 3 nitrogen and oxygen atoms in total. The number of aryl methyl sites for hydroxylation is 4. The Morgan fingerprint density at radius 2 is 1.50 bits per heavy atom. The minimum atomic E-state index is 0.812. The number of aromatic nitrogens is 3. The second-order valence-electron chi connectivity index (χ2n) is 8.04. The first kappa shape index (κ1) is 21.4. The smallest absolute Gasteiger partial charge is 0.189 e. The van der Waals surface area contributed by atoms with Crippen molar-refractivity contribution in [2.45, 2.75) is 48.5 Å². The minimum absolute atomic E-state index is 0.812. The van der Waals surface area contributed by atoms with Crippen LogP contribution in [0, 0.1) is 27.7 Å². The summed E-state index contributed by atoms with van der Waals surface area (Å²) < 4.78 is 1.12. The SMILES string of the molecule is Cc1ccc(CSc2nc(Sc3ccc(C)cc3)c3sc4nc(C)cc(C)c4c3n2)cc1. The average Bonchev–Trinajstić information content (AvgIpc) is 3.14. The number of hydrogen-bond donors (Lipinski definition) is 0. The summed E-state index contributed by atoms with van der Waals surface area (Å²) >= 11 is 5.10. The Morgan fingerprint density at radius 3 is 2.22 bits per heavy atom. The van der Waals surface area contributed by atoms with Crippen molar-refractivity contribution >= 4 is 55.3 Å². The van der Waals surface area contributed by atoms with Crippen LogP contribution in [0.1, 0.15) is 27.9 Å². The third-order valence-corrected chi connectivity index (χ3v) is 8.41. The van der Waals surface area contributed by atoms with Crippen LogP contribution in [0.25, 0.3) is 20.4 Å². The van der Waals surface area contributed by atoms with E-state index in [0.717, 1.165) is 42.1 Å². The van der Waals surface area contributed by atoms with E-state index in [2.05, 4.69) is 75.4 Å². The van der Waals surface area contributed by atoms with Crippen LogP contribution in [0.3, 0.4) is 0 Å². The Morgan fingerprint density at radius 1 is 0.812 bits per heavy atom. The summed E-state index contributed by atoms with van der Waals surface area (Å²) in [5.74, 6) is 0.846. The van der Waals surface area contributed by atoms with Crippen molar-refractivity contribution in [3.05, 3.63) is 82.5 Å². The van der Waals surface area contributed by atoms with Gasteiger partial charge in [0.05, 0.1) is 10.2 Å². The fourth-order valence-corrected chi connectivity index (χ4v) is 6.66. The van der Waals surface area contributed by atoms with Gasteiger partial charge < -0.3 is 0 Å². The van der Waals surface area contributed by atoms with Gasteiger partial charge in [0.2, 0.25) is 0 Å². The number of thiophene rings is 1. The second-order valence-corrected chi connectivity index (χ2v) is 11.0. The molecule has 0 radical (unpaired) electrons. The summed E-state index contributed by atoms with van der Waals surface area (Å²) in [4.78, 5) is 17.0. The van der Waals surface area contributed by atoms with E-state index in [0.29, 0.717) is 0 Å². The fraction of sp³-hybridized carbons (Fsp3) is 0.192. The lowest BCUT2D eigenvalue weighted by molar-refractivity contribution is 0.936. The quantitative estimate of drug-likeness (QED) is 0.147. The van der Waals surface area contributed by atoms with Crippen LogP contribution in [0.4, 0.5) is 0 Å². The highest BCUT2D eigenvalue weighted by Crippen LogP contribution is 2.41.